The molecule has 1 unspecified atom stereocenters. The number of fused-ring (bicyclic) bond motifs is 1. The number of para-hydroxylation sites is 1. The lowest BCUT2D eigenvalue weighted by Crippen LogP contribution is -2.50. The van der Waals surface area contributed by atoms with Gasteiger partial charge in [0.15, 0.2) is 0 Å². The van der Waals surface area contributed by atoms with Gasteiger partial charge in [-0.3, -0.25) is 4.79 Å². The number of amides is 1. The van der Waals surface area contributed by atoms with Crippen LogP contribution in [0.25, 0.3) is 0 Å². The Kier molecular flexibility index (Phi) is 3.92. The minimum absolute atomic E-state index is 0.00273. The smallest absolute Gasteiger partial charge is 0.228 e. The van der Waals surface area contributed by atoms with Gasteiger partial charge in [0.25, 0.3) is 0 Å². The summed E-state index contributed by atoms with van der Waals surface area (Å²) in [6.07, 6.45) is 4.17. The lowest BCUT2D eigenvalue weighted by Gasteiger charge is -2.40. The van der Waals surface area contributed by atoms with Gasteiger partial charge in [0.1, 0.15) is 0 Å². The number of aliphatic hydroxyl groups excluding tert-OH is 1. The van der Waals surface area contributed by atoms with Gasteiger partial charge >= 0.3 is 0 Å². The van der Waals surface area contributed by atoms with Gasteiger partial charge in [-0.1, -0.05) is 18.2 Å². The van der Waals surface area contributed by atoms with E-state index in [1.165, 1.54) is 12.0 Å². The summed E-state index contributed by atoms with van der Waals surface area (Å²) in [5.41, 5.74) is 2.36. The molecule has 1 heterocycles. The van der Waals surface area contributed by atoms with Crippen molar-refractivity contribution in [1.29, 1.82) is 0 Å². The summed E-state index contributed by atoms with van der Waals surface area (Å²) < 4.78 is 0. The highest BCUT2D eigenvalue weighted by Crippen LogP contribution is 2.29. The Bertz CT molecular complexity index is 485. The molecule has 1 aliphatic heterocycles. The molecular weight excluding hydrogens is 252 g/mol. The average Bonchev–Trinajstić information content (AvgIpc) is 2.43. The van der Waals surface area contributed by atoms with Gasteiger partial charge in [0.2, 0.25) is 5.91 Å². The molecular formula is C16H22N2O2. The molecule has 1 saturated carbocycles. The second kappa shape index (κ2) is 5.83. The third kappa shape index (κ3) is 2.52. The largest absolute Gasteiger partial charge is 0.395 e. The molecule has 108 valence electrons. The number of hydrogen-bond acceptors (Lipinski definition) is 3. The average molecular weight is 274 g/mol. The zero-order chi connectivity index (χ0) is 13.9. The maximum atomic E-state index is 12.7. The van der Waals surface area contributed by atoms with Gasteiger partial charge in [-0.15, -0.1) is 0 Å². The van der Waals surface area contributed by atoms with Crippen molar-refractivity contribution in [3.05, 3.63) is 29.8 Å². The Morgan fingerprint density at radius 2 is 2.15 bits per heavy atom. The number of nitrogens with zero attached hydrogens (tertiary/aromatic N) is 1. The molecule has 0 saturated heterocycles. The van der Waals surface area contributed by atoms with E-state index < -0.39 is 0 Å². The van der Waals surface area contributed by atoms with E-state index in [1.54, 1.807) is 0 Å². The van der Waals surface area contributed by atoms with Crippen molar-refractivity contribution >= 4 is 11.6 Å². The summed E-state index contributed by atoms with van der Waals surface area (Å²) in [4.78, 5) is 14.6. The van der Waals surface area contributed by atoms with Crippen LogP contribution in [-0.4, -0.2) is 41.7 Å². The predicted octanol–water partition coefficient (Wildman–Crippen LogP) is 1.64. The zero-order valence-electron chi connectivity index (χ0n) is 11.7. The number of carbonyl (C=O) groups excluding carboxylic acids is 1. The number of rotatable bonds is 4. The van der Waals surface area contributed by atoms with Crippen LogP contribution < -0.4 is 5.32 Å². The van der Waals surface area contributed by atoms with Gasteiger partial charge in [-0.05, 0) is 37.3 Å². The number of anilines is 1. The molecule has 1 aromatic carbocycles. The zero-order valence-corrected chi connectivity index (χ0v) is 11.7. The number of aliphatic hydroxyl groups is 1. The number of hydrogen-bond donors (Lipinski definition) is 2. The molecule has 1 fully saturated rings. The van der Waals surface area contributed by atoms with Gasteiger partial charge in [0.05, 0.1) is 12.5 Å². The first-order valence-corrected chi connectivity index (χ1v) is 7.52. The molecule has 2 N–H and O–H groups in total. The van der Waals surface area contributed by atoms with Crippen LogP contribution in [0.3, 0.4) is 0 Å². The number of nitrogens with one attached hydrogen (secondary N) is 1. The maximum absolute atomic E-state index is 12.7. The highest BCUT2D eigenvalue weighted by atomic mass is 16.3. The molecule has 1 atom stereocenters. The second-order valence-corrected chi connectivity index (χ2v) is 5.78. The summed E-state index contributed by atoms with van der Waals surface area (Å²) in [6, 6.07) is 8.53. The first kappa shape index (κ1) is 13.4. The minimum Gasteiger partial charge on any atom is -0.395 e. The lowest BCUT2D eigenvalue weighted by molar-refractivity contribution is -0.140. The van der Waals surface area contributed by atoms with Crippen LogP contribution in [0, 0.1) is 5.92 Å². The number of benzene rings is 1. The van der Waals surface area contributed by atoms with Crippen molar-refractivity contribution in [3.8, 4) is 0 Å². The van der Waals surface area contributed by atoms with Crippen LogP contribution in [0.4, 0.5) is 5.69 Å². The van der Waals surface area contributed by atoms with Crippen molar-refractivity contribution in [2.45, 2.75) is 31.7 Å². The number of carbonyl (C=O) groups is 1. The van der Waals surface area contributed by atoms with Crippen LogP contribution in [0.2, 0.25) is 0 Å². The lowest BCUT2D eigenvalue weighted by atomic mass is 9.88. The Morgan fingerprint density at radius 3 is 2.85 bits per heavy atom. The van der Waals surface area contributed by atoms with E-state index in [9.17, 15) is 9.90 Å². The molecule has 20 heavy (non-hydrogen) atoms. The molecule has 1 aromatic rings. The SMILES string of the molecule is O=C(C1CNc2ccccc2C1)N(CCO)C1CCC1. The van der Waals surface area contributed by atoms with E-state index in [4.69, 9.17) is 0 Å². The third-order valence-electron chi connectivity index (χ3n) is 4.51. The summed E-state index contributed by atoms with van der Waals surface area (Å²) in [7, 11) is 0. The second-order valence-electron chi connectivity index (χ2n) is 5.78. The Labute approximate surface area is 119 Å². The van der Waals surface area contributed by atoms with Crippen molar-refractivity contribution in [1.82, 2.24) is 4.90 Å². The summed E-state index contributed by atoms with van der Waals surface area (Å²) in [6.45, 7) is 1.23. The van der Waals surface area contributed by atoms with Crippen LogP contribution >= 0.6 is 0 Å². The van der Waals surface area contributed by atoms with Crippen molar-refractivity contribution < 1.29 is 9.90 Å². The standard InChI is InChI=1S/C16H22N2O2/c19-9-8-18(14-5-3-6-14)16(20)13-10-12-4-1-2-7-15(12)17-11-13/h1-2,4,7,13-14,17,19H,3,5-6,8-11H2. The van der Waals surface area contributed by atoms with Gasteiger partial charge in [-0.25, -0.2) is 0 Å². The topological polar surface area (TPSA) is 52.6 Å². The fourth-order valence-corrected chi connectivity index (χ4v) is 3.13. The van der Waals surface area contributed by atoms with E-state index >= 15 is 0 Å². The first-order valence-electron chi connectivity index (χ1n) is 7.52. The van der Waals surface area contributed by atoms with E-state index in [0.29, 0.717) is 19.1 Å². The molecule has 3 rings (SSSR count). The first-order chi connectivity index (χ1) is 9.79. The van der Waals surface area contributed by atoms with Crippen LogP contribution in [0.1, 0.15) is 24.8 Å². The van der Waals surface area contributed by atoms with E-state index in [2.05, 4.69) is 17.4 Å². The molecule has 0 radical (unpaired) electrons. The highest BCUT2D eigenvalue weighted by Gasteiger charge is 2.33. The Balaban J connectivity index is 1.70. The minimum atomic E-state index is -0.00273. The van der Waals surface area contributed by atoms with Gasteiger partial charge in [-0.2, -0.15) is 0 Å². The molecule has 0 spiro atoms. The van der Waals surface area contributed by atoms with Crippen LogP contribution in [-0.2, 0) is 11.2 Å². The van der Waals surface area contributed by atoms with E-state index in [-0.39, 0.29) is 18.4 Å². The van der Waals surface area contributed by atoms with Gasteiger partial charge in [0, 0.05) is 24.8 Å². The molecule has 1 aliphatic carbocycles. The molecule has 2 aliphatic rings. The van der Waals surface area contributed by atoms with Crippen molar-refractivity contribution in [2.75, 3.05) is 25.0 Å². The summed E-state index contributed by atoms with van der Waals surface area (Å²) in [5.74, 6) is 0.197. The molecule has 4 nitrogen and oxygen atoms in total. The predicted molar refractivity (Wildman–Crippen MR) is 78.6 cm³/mol. The van der Waals surface area contributed by atoms with Gasteiger partial charge < -0.3 is 15.3 Å². The summed E-state index contributed by atoms with van der Waals surface area (Å²) in [5, 5.41) is 12.6. The third-order valence-corrected chi connectivity index (χ3v) is 4.51. The molecule has 1 amide bonds. The van der Waals surface area contributed by atoms with E-state index in [1.807, 2.05) is 17.0 Å². The quantitative estimate of drug-likeness (QED) is 0.877. The molecule has 4 heteroatoms. The molecule has 0 bridgehead atoms. The van der Waals surface area contributed by atoms with Crippen LogP contribution in [0.15, 0.2) is 24.3 Å². The van der Waals surface area contributed by atoms with Crippen molar-refractivity contribution in [2.24, 2.45) is 5.92 Å². The Morgan fingerprint density at radius 1 is 1.35 bits per heavy atom. The fourth-order valence-electron chi connectivity index (χ4n) is 3.13. The molecule has 0 aromatic heterocycles. The van der Waals surface area contributed by atoms with Crippen molar-refractivity contribution in [3.63, 3.8) is 0 Å². The fraction of sp³-hybridized carbons (Fsp3) is 0.562. The van der Waals surface area contributed by atoms with Crippen LogP contribution in [0.5, 0.6) is 0 Å². The van der Waals surface area contributed by atoms with E-state index in [0.717, 1.165) is 24.9 Å². The summed E-state index contributed by atoms with van der Waals surface area (Å²) >= 11 is 0. The monoisotopic (exact) mass is 274 g/mol. The normalized spacial score (nSPS) is 21.6. The highest BCUT2D eigenvalue weighted by molar-refractivity contribution is 5.81. The Hall–Kier alpha value is -1.55. The maximum Gasteiger partial charge on any atom is 0.228 e.